The quantitative estimate of drug-likeness (QED) is 0.410. The van der Waals surface area contributed by atoms with E-state index < -0.39 is 59.1 Å². The van der Waals surface area contributed by atoms with Crippen molar-refractivity contribution in [2.24, 2.45) is 11.3 Å². The average Bonchev–Trinajstić information content (AvgIpc) is 2.87. The number of imide groups is 1. The maximum absolute atomic E-state index is 13.3. The van der Waals surface area contributed by atoms with Gasteiger partial charge in [0.05, 0.1) is 12.5 Å². The minimum Gasteiger partial charge on any atom is -0.459 e. The number of likely N-dealkylation sites (tertiary alicyclic amines) is 1. The Bertz CT molecular complexity index is 671. The molecule has 8 nitrogen and oxygen atoms in total. The van der Waals surface area contributed by atoms with Crippen LogP contribution in [0.1, 0.15) is 61.8 Å². The van der Waals surface area contributed by atoms with Gasteiger partial charge in [0.1, 0.15) is 17.3 Å². The van der Waals surface area contributed by atoms with E-state index in [1.165, 1.54) is 0 Å². The van der Waals surface area contributed by atoms with E-state index in [2.05, 4.69) is 0 Å². The summed E-state index contributed by atoms with van der Waals surface area (Å²) >= 11 is 0. The van der Waals surface area contributed by atoms with Gasteiger partial charge in [0.15, 0.2) is 5.41 Å². The van der Waals surface area contributed by atoms with Crippen molar-refractivity contribution in [2.75, 3.05) is 0 Å². The monoisotopic (exact) mass is 383 g/mol. The first-order valence-electron chi connectivity index (χ1n) is 9.10. The Morgan fingerprint density at radius 3 is 2.04 bits per heavy atom. The molecule has 0 bridgehead atoms. The van der Waals surface area contributed by atoms with Crippen molar-refractivity contribution in [3.05, 3.63) is 0 Å². The van der Waals surface area contributed by atoms with Crippen LogP contribution in [0.4, 0.5) is 4.79 Å². The standard InChI is InChI=1S/C19H29NO7/c1-10(2)12-13-19(9-11(21)25-13,15(23)26-17(3,4)5)14(22)20(12)16(24)27-18(6,7)8/h10,12-13H,9H2,1-8H3. The molecule has 2 amide bonds. The van der Waals surface area contributed by atoms with Crippen molar-refractivity contribution in [3.8, 4) is 0 Å². The molecule has 2 aliphatic heterocycles. The highest BCUT2D eigenvalue weighted by Crippen LogP contribution is 2.50. The number of esters is 2. The first-order valence-corrected chi connectivity index (χ1v) is 9.10. The van der Waals surface area contributed by atoms with Crippen molar-refractivity contribution < 1.29 is 33.4 Å². The Labute approximate surface area is 159 Å². The molecule has 2 aliphatic rings. The van der Waals surface area contributed by atoms with Gasteiger partial charge >= 0.3 is 18.0 Å². The fraction of sp³-hybridized carbons (Fsp3) is 0.789. The number of carbonyl (C=O) groups excluding carboxylic acids is 4. The zero-order chi connectivity index (χ0) is 20.9. The largest absolute Gasteiger partial charge is 0.459 e. The van der Waals surface area contributed by atoms with E-state index in [0.29, 0.717) is 0 Å². The van der Waals surface area contributed by atoms with Crippen molar-refractivity contribution in [1.29, 1.82) is 0 Å². The Kier molecular flexibility index (Phi) is 5.09. The topological polar surface area (TPSA) is 99.2 Å². The molecule has 0 aliphatic carbocycles. The molecule has 0 spiro atoms. The summed E-state index contributed by atoms with van der Waals surface area (Å²) in [7, 11) is 0. The normalized spacial score (nSPS) is 28.3. The summed E-state index contributed by atoms with van der Waals surface area (Å²) in [5.74, 6) is -2.58. The van der Waals surface area contributed by atoms with Crippen LogP contribution in [0, 0.1) is 11.3 Å². The smallest absolute Gasteiger partial charge is 0.417 e. The van der Waals surface area contributed by atoms with Crippen LogP contribution in [0.5, 0.6) is 0 Å². The SMILES string of the molecule is CC(C)C1C2OC(=O)CC2(C(=O)OC(C)(C)C)C(=O)N1C(=O)OC(C)(C)C. The highest BCUT2D eigenvalue weighted by molar-refractivity contribution is 6.14. The van der Waals surface area contributed by atoms with Gasteiger partial charge in [0.2, 0.25) is 0 Å². The third-order valence-electron chi connectivity index (χ3n) is 4.41. The molecule has 0 aromatic rings. The number of fused-ring (bicyclic) bond motifs is 1. The van der Waals surface area contributed by atoms with Crippen molar-refractivity contribution in [2.45, 2.75) is 85.2 Å². The second-order valence-corrected chi connectivity index (χ2v) is 9.45. The van der Waals surface area contributed by atoms with Crippen LogP contribution in [0.25, 0.3) is 0 Å². The van der Waals surface area contributed by atoms with Gasteiger partial charge in [-0.2, -0.15) is 0 Å². The van der Waals surface area contributed by atoms with Gasteiger partial charge in [-0.15, -0.1) is 0 Å². The molecule has 0 saturated carbocycles. The summed E-state index contributed by atoms with van der Waals surface area (Å²) in [5, 5.41) is 0. The first-order chi connectivity index (χ1) is 12.1. The zero-order valence-corrected chi connectivity index (χ0v) is 17.2. The molecule has 8 heteroatoms. The number of carbonyl (C=O) groups is 4. The van der Waals surface area contributed by atoms with Crippen LogP contribution in [0.3, 0.4) is 0 Å². The molecule has 3 unspecified atom stereocenters. The van der Waals surface area contributed by atoms with E-state index in [4.69, 9.17) is 14.2 Å². The van der Waals surface area contributed by atoms with Crippen LogP contribution in [-0.2, 0) is 28.6 Å². The van der Waals surface area contributed by atoms with Crippen LogP contribution >= 0.6 is 0 Å². The van der Waals surface area contributed by atoms with Gasteiger partial charge < -0.3 is 14.2 Å². The van der Waals surface area contributed by atoms with E-state index in [0.717, 1.165) is 4.90 Å². The van der Waals surface area contributed by atoms with E-state index in [-0.39, 0.29) is 5.92 Å². The molecule has 0 radical (unpaired) electrons. The molecule has 3 atom stereocenters. The number of nitrogens with zero attached hydrogens (tertiary/aromatic N) is 1. The molecule has 2 heterocycles. The van der Waals surface area contributed by atoms with Gasteiger partial charge in [-0.05, 0) is 47.5 Å². The summed E-state index contributed by atoms with van der Waals surface area (Å²) in [6.45, 7) is 13.6. The Hall–Kier alpha value is -2.12. The predicted molar refractivity (Wildman–Crippen MR) is 94.5 cm³/mol. The molecule has 2 rings (SSSR count). The lowest BCUT2D eigenvalue weighted by Gasteiger charge is -2.30. The maximum atomic E-state index is 13.3. The summed E-state index contributed by atoms with van der Waals surface area (Å²) in [6, 6.07) is -0.814. The van der Waals surface area contributed by atoms with Gasteiger partial charge in [0, 0.05) is 0 Å². The number of rotatable bonds is 2. The lowest BCUT2D eigenvalue weighted by Crippen LogP contribution is -2.48. The van der Waals surface area contributed by atoms with Crippen molar-refractivity contribution >= 4 is 23.9 Å². The predicted octanol–water partition coefficient (Wildman–Crippen LogP) is 2.43. The van der Waals surface area contributed by atoms with Crippen LogP contribution in [0.15, 0.2) is 0 Å². The Balaban J connectivity index is 2.52. The second kappa shape index (κ2) is 6.49. The number of hydrogen-bond acceptors (Lipinski definition) is 7. The highest BCUT2D eigenvalue weighted by atomic mass is 16.6. The molecule has 2 saturated heterocycles. The molecule has 0 aromatic carbocycles. The van der Waals surface area contributed by atoms with Crippen molar-refractivity contribution in [1.82, 2.24) is 4.90 Å². The minimum atomic E-state index is -1.86. The Morgan fingerprint density at radius 1 is 1.07 bits per heavy atom. The molecule has 0 aromatic heterocycles. The fourth-order valence-corrected chi connectivity index (χ4v) is 3.46. The maximum Gasteiger partial charge on any atom is 0.417 e. The lowest BCUT2D eigenvalue weighted by molar-refractivity contribution is -0.172. The summed E-state index contributed by atoms with van der Waals surface area (Å²) in [6.07, 6.45) is -2.41. The minimum absolute atomic E-state index is 0.262. The third-order valence-corrected chi connectivity index (χ3v) is 4.41. The van der Waals surface area contributed by atoms with Crippen molar-refractivity contribution in [3.63, 3.8) is 0 Å². The summed E-state index contributed by atoms with van der Waals surface area (Å²) in [4.78, 5) is 52.0. The number of hydrogen-bond donors (Lipinski definition) is 0. The molecule has 27 heavy (non-hydrogen) atoms. The van der Waals surface area contributed by atoms with Gasteiger partial charge in [-0.3, -0.25) is 14.4 Å². The van der Waals surface area contributed by atoms with E-state index in [1.54, 1.807) is 55.4 Å². The summed E-state index contributed by atoms with van der Waals surface area (Å²) < 4.78 is 16.2. The zero-order valence-electron chi connectivity index (χ0n) is 17.2. The van der Waals surface area contributed by atoms with E-state index in [9.17, 15) is 19.2 Å². The highest BCUT2D eigenvalue weighted by Gasteiger charge is 2.73. The van der Waals surface area contributed by atoms with Crippen LogP contribution in [-0.4, -0.2) is 52.2 Å². The number of ether oxygens (including phenoxy) is 3. The van der Waals surface area contributed by atoms with Gasteiger partial charge in [-0.1, -0.05) is 13.8 Å². The average molecular weight is 383 g/mol. The van der Waals surface area contributed by atoms with E-state index in [1.807, 2.05) is 0 Å². The number of amides is 2. The fourth-order valence-electron chi connectivity index (χ4n) is 3.46. The van der Waals surface area contributed by atoms with Gasteiger partial charge in [-0.25, -0.2) is 9.69 Å². The lowest BCUT2D eigenvalue weighted by atomic mass is 9.79. The molecule has 0 N–H and O–H groups in total. The third kappa shape index (κ3) is 3.80. The molecular weight excluding hydrogens is 354 g/mol. The van der Waals surface area contributed by atoms with Gasteiger partial charge in [0.25, 0.3) is 5.91 Å². The summed E-state index contributed by atoms with van der Waals surface area (Å²) in [5.41, 5.74) is -3.56. The molecule has 152 valence electrons. The second-order valence-electron chi connectivity index (χ2n) is 9.45. The molecular formula is C19H29NO7. The molecule has 2 fully saturated rings. The Morgan fingerprint density at radius 2 is 1.59 bits per heavy atom. The van der Waals surface area contributed by atoms with Crippen LogP contribution < -0.4 is 0 Å². The van der Waals surface area contributed by atoms with Crippen LogP contribution in [0.2, 0.25) is 0 Å². The first kappa shape index (κ1) is 21.2. The van der Waals surface area contributed by atoms with E-state index >= 15 is 0 Å².